The van der Waals surface area contributed by atoms with Crippen molar-refractivity contribution in [3.63, 3.8) is 0 Å². The van der Waals surface area contributed by atoms with Crippen molar-refractivity contribution < 1.29 is 0 Å². The van der Waals surface area contributed by atoms with Crippen LogP contribution in [0.4, 0.5) is 0 Å². The maximum atomic E-state index is 2.52. The SMILES string of the molecule is c1ccc(-n2c3ccccc3c3ccc(-n4c5ccccc5c5cc6ccccc6c(-c6ccc7c(c6)c6ccccc6n7-c6ccc7ccccc7c6)c54)cc32)cc1. The van der Waals surface area contributed by atoms with Gasteiger partial charge in [0.25, 0.3) is 0 Å². The lowest BCUT2D eigenvalue weighted by atomic mass is 9.93. The number of rotatable bonds is 4. The molecule has 10 aromatic carbocycles. The van der Waals surface area contributed by atoms with Gasteiger partial charge in [0.1, 0.15) is 0 Å². The highest BCUT2D eigenvalue weighted by Gasteiger charge is 2.22. The summed E-state index contributed by atoms with van der Waals surface area (Å²) in [6.07, 6.45) is 0. The van der Waals surface area contributed by atoms with Crippen molar-refractivity contribution in [3.8, 4) is 28.2 Å². The fourth-order valence-corrected chi connectivity index (χ4v) is 10.0. The van der Waals surface area contributed by atoms with Gasteiger partial charge in [-0.3, -0.25) is 0 Å². The predicted molar refractivity (Wildman–Crippen MR) is 250 cm³/mol. The standard InChI is InChI=1S/C56H35N3/c1-2-17-40(18-3-1)57-50-23-11-8-20-44(50)47-30-29-42(35-54(47)57)59-52-25-13-10-22-46(52)49-33-38-16-6-7-19-43(38)55(56(49)59)39-27-31-53-48(34-39)45-21-9-12-24-51(45)58(53)41-28-26-36-14-4-5-15-37(36)32-41/h1-35H. The third-order valence-corrected chi connectivity index (χ3v) is 12.6. The summed E-state index contributed by atoms with van der Waals surface area (Å²) >= 11 is 0. The van der Waals surface area contributed by atoms with Gasteiger partial charge in [0, 0.05) is 54.9 Å². The molecular weight excluding hydrogens is 715 g/mol. The molecule has 0 aliphatic rings. The van der Waals surface area contributed by atoms with Gasteiger partial charge in [0.05, 0.1) is 33.1 Å². The molecule has 274 valence electrons. The largest absolute Gasteiger partial charge is 0.309 e. The number of aromatic nitrogens is 3. The van der Waals surface area contributed by atoms with E-state index < -0.39 is 0 Å². The molecule has 3 aromatic heterocycles. The Hall–Kier alpha value is -7.88. The molecule has 0 saturated heterocycles. The summed E-state index contributed by atoms with van der Waals surface area (Å²) in [6.45, 7) is 0. The second kappa shape index (κ2) is 12.3. The number of fused-ring (bicyclic) bond motifs is 11. The van der Waals surface area contributed by atoms with Crippen LogP contribution < -0.4 is 0 Å². The summed E-state index contributed by atoms with van der Waals surface area (Å²) in [5.41, 5.74) is 13.1. The highest BCUT2D eigenvalue weighted by Crippen LogP contribution is 2.45. The quantitative estimate of drug-likeness (QED) is 0.170. The van der Waals surface area contributed by atoms with Crippen LogP contribution in [-0.2, 0) is 0 Å². The smallest absolute Gasteiger partial charge is 0.0625 e. The molecule has 3 nitrogen and oxygen atoms in total. The van der Waals surface area contributed by atoms with Gasteiger partial charge >= 0.3 is 0 Å². The number of hydrogen-bond donors (Lipinski definition) is 0. The summed E-state index contributed by atoms with van der Waals surface area (Å²) in [7, 11) is 0. The van der Waals surface area contributed by atoms with Gasteiger partial charge in [-0.1, -0.05) is 140 Å². The van der Waals surface area contributed by atoms with Gasteiger partial charge in [0.15, 0.2) is 0 Å². The second-order valence-corrected chi connectivity index (χ2v) is 15.7. The zero-order valence-electron chi connectivity index (χ0n) is 32.0. The Morgan fingerprint density at radius 1 is 0.237 bits per heavy atom. The van der Waals surface area contributed by atoms with Crippen LogP contribution in [0.25, 0.3) is 115 Å². The van der Waals surface area contributed by atoms with E-state index in [1.807, 2.05) is 0 Å². The number of hydrogen-bond acceptors (Lipinski definition) is 0. The fourth-order valence-electron chi connectivity index (χ4n) is 10.0. The summed E-state index contributed by atoms with van der Waals surface area (Å²) in [4.78, 5) is 0. The Kier molecular flexibility index (Phi) is 6.72. The van der Waals surface area contributed by atoms with Crippen molar-refractivity contribution in [3.05, 3.63) is 212 Å². The minimum absolute atomic E-state index is 1.13. The van der Waals surface area contributed by atoms with Crippen LogP contribution in [0.15, 0.2) is 212 Å². The lowest BCUT2D eigenvalue weighted by Gasteiger charge is -2.16. The van der Waals surface area contributed by atoms with Crippen LogP contribution in [0.2, 0.25) is 0 Å². The minimum Gasteiger partial charge on any atom is -0.309 e. The molecule has 0 unspecified atom stereocenters. The van der Waals surface area contributed by atoms with Gasteiger partial charge in [-0.25, -0.2) is 0 Å². The summed E-state index contributed by atoms with van der Waals surface area (Å²) in [6, 6.07) is 78.1. The maximum Gasteiger partial charge on any atom is 0.0625 e. The first-order valence-electron chi connectivity index (χ1n) is 20.4. The highest BCUT2D eigenvalue weighted by molar-refractivity contribution is 6.22. The molecule has 0 N–H and O–H groups in total. The third-order valence-electron chi connectivity index (χ3n) is 12.6. The normalized spacial score (nSPS) is 12.1. The van der Waals surface area contributed by atoms with Crippen molar-refractivity contribution in [2.24, 2.45) is 0 Å². The molecule has 13 rings (SSSR count). The molecule has 3 heteroatoms. The molecule has 0 atom stereocenters. The van der Waals surface area contributed by atoms with Crippen molar-refractivity contribution in [2.45, 2.75) is 0 Å². The Balaban J connectivity index is 1.13. The summed E-state index contributed by atoms with van der Waals surface area (Å²) in [5.74, 6) is 0. The number of benzene rings is 10. The zero-order valence-corrected chi connectivity index (χ0v) is 32.0. The number of nitrogens with zero attached hydrogens (tertiary/aromatic N) is 3. The van der Waals surface area contributed by atoms with Gasteiger partial charge in [-0.15, -0.1) is 0 Å². The molecule has 0 fully saturated rings. The first-order chi connectivity index (χ1) is 29.3. The van der Waals surface area contributed by atoms with Crippen LogP contribution in [0.3, 0.4) is 0 Å². The van der Waals surface area contributed by atoms with E-state index in [0.29, 0.717) is 0 Å². The molecule has 59 heavy (non-hydrogen) atoms. The molecule has 13 aromatic rings. The lowest BCUT2D eigenvalue weighted by molar-refractivity contribution is 1.16. The third kappa shape index (κ3) is 4.64. The average Bonchev–Trinajstić information content (AvgIpc) is 3.93. The first kappa shape index (κ1) is 32.2. The van der Waals surface area contributed by atoms with Crippen LogP contribution in [-0.4, -0.2) is 13.7 Å². The number of para-hydroxylation sites is 4. The molecule has 0 spiro atoms. The van der Waals surface area contributed by atoms with Crippen molar-refractivity contribution >= 4 is 87.0 Å². The van der Waals surface area contributed by atoms with Crippen LogP contribution in [0.1, 0.15) is 0 Å². The topological polar surface area (TPSA) is 14.8 Å². The summed E-state index contributed by atoms with van der Waals surface area (Å²) < 4.78 is 7.36. The molecule has 0 saturated carbocycles. The Morgan fingerprint density at radius 2 is 0.763 bits per heavy atom. The Morgan fingerprint density at radius 3 is 1.53 bits per heavy atom. The van der Waals surface area contributed by atoms with Gasteiger partial charge in [-0.05, 0) is 99.9 Å². The van der Waals surface area contributed by atoms with E-state index in [4.69, 9.17) is 0 Å². The van der Waals surface area contributed by atoms with E-state index in [-0.39, 0.29) is 0 Å². The molecule has 0 amide bonds. The molecule has 0 radical (unpaired) electrons. The van der Waals surface area contributed by atoms with E-state index in [1.165, 1.54) is 104 Å². The summed E-state index contributed by atoms with van der Waals surface area (Å²) in [5, 5.41) is 12.4. The monoisotopic (exact) mass is 749 g/mol. The Bertz CT molecular complexity index is 3840. The highest BCUT2D eigenvalue weighted by atomic mass is 15.0. The Labute approximate surface area is 339 Å². The molecule has 0 aliphatic carbocycles. The van der Waals surface area contributed by atoms with Gasteiger partial charge in [-0.2, -0.15) is 0 Å². The lowest BCUT2D eigenvalue weighted by Crippen LogP contribution is -1.98. The van der Waals surface area contributed by atoms with Crippen LogP contribution in [0, 0.1) is 0 Å². The van der Waals surface area contributed by atoms with Crippen molar-refractivity contribution in [2.75, 3.05) is 0 Å². The van der Waals surface area contributed by atoms with E-state index >= 15 is 0 Å². The second-order valence-electron chi connectivity index (χ2n) is 15.7. The zero-order chi connectivity index (χ0) is 38.6. The predicted octanol–water partition coefficient (Wildman–Crippen LogP) is 15.0. The molecule has 0 aliphatic heterocycles. The van der Waals surface area contributed by atoms with Gasteiger partial charge < -0.3 is 13.7 Å². The van der Waals surface area contributed by atoms with E-state index in [9.17, 15) is 0 Å². The van der Waals surface area contributed by atoms with Crippen molar-refractivity contribution in [1.82, 2.24) is 13.7 Å². The van der Waals surface area contributed by atoms with Gasteiger partial charge in [0.2, 0.25) is 0 Å². The van der Waals surface area contributed by atoms with E-state index in [1.54, 1.807) is 0 Å². The first-order valence-corrected chi connectivity index (χ1v) is 20.4. The molecular formula is C56H35N3. The van der Waals surface area contributed by atoms with E-state index in [0.717, 1.165) is 11.4 Å². The maximum absolute atomic E-state index is 2.52. The molecule has 3 heterocycles. The van der Waals surface area contributed by atoms with Crippen molar-refractivity contribution in [1.29, 1.82) is 0 Å². The van der Waals surface area contributed by atoms with Crippen LogP contribution in [0.5, 0.6) is 0 Å². The minimum atomic E-state index is 1.13. The average molecular weight is 750 g/mol. The fraction of sp³-hybridized carbons (Fsp3) is 0. The van der Waals surface area contributed by atoms with E-state index in [2.05, 4.69) is 226 Å². The van der Waals surface area contributed by atoms with Crippen LogP contribution >= 0.6 is 0 Å². The molecule has 0 bridgehead atoms.